The molecule has 0 saturated heterocycles. The van der Waals surface area contributed by atoms with Gasteiger partial charge >= 0.3 is 0 Å². The molecule has 0 nitrogen and oxygen atoms in total. The maximum atomic E-state index is 2.59. The van der Waals surface area contributed by atoms with Crippen LogP contribution in [0.2, 0.25) is 0 Å². The standard InChI is InChI=1S/C56H50/c1-4-16-40(17-5-1)43-31-28-39(29-32-43)30-33-44-34-35-54(49-23-11-10-22-48(44)49)56-52-26-14-12-24-50(52)55(51-25-13-15-27-53(51)56)47-37-45(41-18-6-2-7-19-41)36-46(38-47)42-20-8-3-9-21-42/h1-2,4,6-8,10-16,18,20-36,38,41,45,48-50,52H,3,5,9,17,19,37H2. The Balaban J connectivity index is 1.07. The van der Waals surface area contributed by atoms with Crippen LogP contribution in [-0.4, -0.2) is 0 Å². The lowest BCUT2D eigenvalue weighted by atomic mass is 9.63. The van der Waals surface area contributed by atoms with Crippen molar-refractivity contribution in [3.05, 3.63) is 238 Å². The van der Waals surface area contributed by atoms with Gasteiger partial charge in [-0.2, -0.15) is 0 Å². The summed E-state index contributed by atoms with van der Waals surface area (Å²) in [4.78, 5) is 0. The predicted octanol–water partition coefficient (Wildman–Crippen LogP) is 12.3. The number of hydrogen-bond acceptors (Lipinski definition) is 0. The summed E-state index contributed by atoms with van der Waals surface area (Å²) < 4.78 is 0. The Bertz CT molecular complexity index is 2530. The van der Waals surface area contributed by atoms with E-state index < -0.39 is 0 Å². The molecule has 6 atom stereocenters. The Kier molecular flexibility index (Phi) is 9.57. The molecule has 0 spiro atoms. The van der Waals surface area contributed by atoms with E-state index in [1.54, 1.807) is 0 Å². The first-order valence-electron chi connectivity index (χ1n) is 21.0. The van der Waals surface area contributed by atoms with Crippen molar-refractivity contribution in [2.45, 2.75) is 38.5 Å². The highest BCUT2D eigenvalue weighted by molar-refractivity contribution is 5.83. The molecule has 10 rings (SSSR count). The highest BCUT2D eigenvalue weighted by Crippen LogP contribution is 2.49. The minimum absolute atomic E-state index is 0.273. The van der Waals surface area contributed by atoms with Crippen LogP contribution in [0.5, 0.6) is 0 Å². The number of allylic oxidation sites excluding steroid dienone is 29. The van der Waals surface area contributed by atoms with Gasteiger partial charge in [-0.15, -0.1) is 0 Å². The van der Waals surface area contributed by atoms with Gasteiger partial charge in [0.05, 0.1) is 0 Å². The summed E-state index contributed by atoms with van der Waals surface area (Å²) in [5.74, 6) is 2.13. The average molecular weight is 723 g/mol. The molecule has 8 aliphatic carbocycles. The van der Waals surface area contributed by atoms with E-state index in [9.17, 15) is 0 Å². The lowest BCUT2D eigenvalue weighted by molar-refractivity contribution is 0.468. The Morgan fingerprint density at radius 3 is 2.05 bits per heavy atom. The van der Waals surface area contributed by atoms with Crippen molar-refractivity contribution in [2.75, 3.05) is 0 Å². The highest BCUT2D eigenvalue weighted by Gasteiger charge is 2.38. The zero-order valence-corrected chi connectivity index (χ0v) is 32.2. The fourth-order valence-corrected chi connectivity index (χ4v) is 10.3. The second kappa shape index (κ2) is 15.4. The van der Waals surface area contributed by atoms with Gasteiger partial charge in [0.2, 0.25) is 0 Å². The van der Waals surface area contributed by atoms with Crippen molar-refractivity contribution in [1.82, 2.24) is 0 Å². The quantitative estimate of drug-likeness (QED) is 0.267. The normalized spacial score (nSPS) is 28.6. The minimum Gasteiger partial charge on any atom is -0.0842 e. The molecule has 2 aromatic carbocycles. The molecule has 0 amide bonds. The van der Waals surface area contributed by atoms with E-state index in [2.05, 4.69) is 194 Å². The monoisotopic (exact) mass is 722 g/mol. The maximum Gasteiger partial charge on any atom is 0.0134 e. The molecule has 0 heterocycles. The van der Waals surface area contributed by atoms with E-state index in [1.165, 1.54) is 66.1 Å². The predicted molar refractivity (Wildman–Crippen MR) is 238 cm³/mol. The van der Waals surface area contributed by atoms with E-state index in [0.29, 0.717) is 17.8 Å². The molecule has 0 N–H and O–H groups in total. The van der Waals surface area contributed by atoms with E-state index in [4.69, 9.17) is 0 Å². The fourth-order valence-electron chi connectivity index (χ4n) is 10.3. The molecule has 274 valence electrons. The second-order valence-corrected chi connectivity index (χ2v) is 16.4. The number of hydrogen-bond donors (Lipinski definition) is 0. The third-order valence-electron chi connectivity index (χ3n) is 13.1. The zero-order valence-electron chi connectivity index (χ0n) is 32.2. The van der Waals surface area contributed by atoms with E-state index in [0.717, 1.165) is 38.5 Å². The summed E-state index contributed by atoms with van der Waals surface area (Å²) in [6, 6.07) is 18.4. The smallest absolute Gasteiger partial charge is 0.0134 e. The van der Waals surface area contributed by atoms with Crippen molar-refractivity contribution in [3.63, 3.8) is 0 Å². The van der Waals surface area contributed by atoms with Crippen LogP contribution in [0.1, 0.15) is 49.7 Å². The van der Waals surface area contributed by atoms with Crippen LogP contribution in [0, 0.1) is 35.5 Å². The summed E-state index contributed by atoms with van der Waals surface area (Å²) in [6.07, 6.45) is 63.5. The van der Waals surface area contributed by atoms with Gasteiger partial charge in [0.15, 0.2) is 0 Å². The van der Waals surface area contributed by atoms with Crippen molar-refractivity contribution in [1.29, 1.82) is 0 Å². The first-order valence-corrected chi connectivity index (χ1v) is 21.0. The first-order chi connectivity index (χ1) is 27.8. The SMILES string of the molecule is C1=CCCC(c2ccc(C=CC3=CC=C(C4=c5ccccc5=C(C5=CC(C6=CCCC=C6)=CC(C6C=CC=CC6)C5)C5C=CC=CC45)C4C=CC=CC34)cc2)=C1. The van der Waals surface area contributed by atoms with Crippen LogP contribution < -0.4 is 10.4 Å². The fraction of sp³-hybridized carbons (Fsp3) is 0.214. The van der Waals surface area contributed by atoms with Crippen molar-refractivity contribution in [2.24, 2.45) is 35.5 Å². The molecular weight excluding hydrogens is 673 g/mol. The van der Waals surface area contributed by atoms with Gasteiger partial charge in [0.25, 0.3) is 0 Å². The molecule has 0 aliphatic heterocycles. The summed E-state index contributed by atoms with van der Waals surface area (Å²) in [6.45, 7) is 0. The Morgan fingerprint density at radius 1 is 0.536 bits per heavy atom. The van der Waals surface area contributed by atoms with Crippen LogP contribution in [0.15, 0.2) is 216 Å². The minimum atomic E-state index is 0.273. The summed E-state index contributed by atoms with van der Waals surface area (Å²) in [5, 5.41) is 2.81. The molecule has 0 heteroatoms. The summed E-state index contributed by atoms with van der Waals surface area (Å²) >= 11 is 0. The molecule has 6 unspecified atom stereocenters. The topological polar surface area (TPSA) is 0 Å². The molecule has 56 heavy (non-hydrogen) atoms. The maximum absolute atomic E-state index is 2.59. The average Bonchev–Trinajstić information content (AvgIpc) is 3.28. The molecule has 0 bridgehead atoms. The van der Waals surface area contributed by atoms with Crippen LogP contribution >= 0.6 is 0 Å². The van der Waals surface area contributed by atoms with Crippen LogP contribution in [0.25, 0.3) is 22.8 Å². The van der Waals surface area contributed by atoms with Crippen molar-refractivity contribution < 1.29 is 0 Å². The Hall–Kier alpha value is -5.72. The van der Waals surface area contributed by atoms with Gasteiger partial charge in [-0.05, 0) is 117 Å². The van der Waals surface area contributed by atoms with Gasteiger partial charge in [0.1, 0.15) is 0 Å². The summed E-state index contributed by atoms with van der Waals surface area (Å²) in [7, 11) is 0. The van der Waals surface area contributed by atoms with Crippen molar-refractivity contribution in [3.8, 4) is 0 Å². The molecule has 2 aromatic rings. The van der Waals surface area contributed by atoms with Crippen molar-refractivity contribution >= 4 is 22.8 Å². The van der Waals surface area contributed by atoms with Crippen LogP contribution in [0.3, 0.4) is 0 Å². The Morgan fingerprint density at radius 2 is 1.30 bits per heavy atom. The van der Waals surface area contributed by atoms with E-state index in [1.807, 2.05) is 0 Å². The molecule has 0 fully saturated rings. The molecule has 0 radical (unpaired) electrons. The zero-order chi connectivity index (χ0) is 37.3. The number of benzene rings is 2. The van der Waals surface area contributed by atoms with E-state index >= 15 is 0 Å². The van der Waals surface area contributed by atoms with E-state index in [-0.39, 0.29) is 17.8 Å². The first kappa shape index (κ1) is 34.7. The van der Waals surface area contributed by atoms with Crippen LogP contribution in [0.4, 0.5) is 0 Å². The molecule has 0 aromatic heterocycles. The highest BCUT2D eigenvalue weighted by atomic mass is 14.4. The number of fused-ring (bicyclic) bond motifs is 3. The van der Waals surface area contributed by atoms with Crippen LogP contribution in [-0.2, 0) is 0 Å². The number of rotatable bonds is 7. The third kappa shape index (κ3) is 6.66. The molecule has 0 saturated carbocycles. The third-order valence-corrected chi connectivity index (χ3v) is 13.1. The Labute approximate surface area is 333 Å². The van der Waals surface area contributed by atoms with Gasteiger partial charge in [-0.25, -0.2) is 0 Å². The lowest BCUT2D eigenvalue weighted by Crippen LogP contribution is -2.42. The van der Waals surface area contributed by atoms with Gasteiger partial charge in [-0.1, -0.05) is 194 Å². The van der Waals surface area contributed by atoms with Gasteiger partial charge in [0, 0.05) is 23.7 Å². The molecular formula is C56H50. The van der Waals surface area contributed by atoms with Gasteiger partial charge < -0.3 is 0 Å². The second-order valence-electron chi connectivity index (χ2n) is 16.4. The summed E-state index contributed by atoms with van der Waals surface area (Å²) in [5.41, 5.74) is 14.2. The largest absolute Gasteiger partial charge is 0.0842 e. The van der Waals surface area contributed by atoms with Gasteiger partial charge in [-0.3, -0.25) is 0 Å². The molecule has 8 aliphatic rings. The lowest BCUT2D eigenvalue weighted by Gasteiger charge is -2.40.